The van der Waals surface area contributed by atoms with Gasteiger partial charge < -0.3 is 9.47 Å². The van der Waals surface area contributed by atoms with Gasteiger partial charge in [0.25, 0.3) is 5.91 Å². The first-order chi connectivity index (χ1) is 6.95. The molecule has 90 valence electrons. The third kappa shape index (κ3) is 11.1. The van der Waals surface area contributed by atoms with Crippen molar-refractivity contribution in [2.24, 2.45) is 0 Å². The number of halogens is 3. The maximum absolute atomic E-state index is 11.6. The first kappa shape index (κ1) is 14.1. The molecule has 0 atom stereocenters. The van der Waals surface area contributed by atoms with Crippen molar-refractivity contribution in [2.75, 3.05) is 33.5 Å². The summed E-state index contributed by atoms with van der Waals surface area (Å²) in [4.78, 5) is 15.3. The number of nitrogens with one attached hydrogen (secondary N) is 1. The van der Waals surface area contributed by atoms with E-state index in [9.17, 15) is 18.0 Å². The predicted molar refractivity (Wildman–Crippen MR) is 42.8 cm³/mol. The van der Waals surface area contributed by atoms with Crippen LogP contribution in [0.5, 0.6) is 0 Å². The lowest BCUT2D eigenvalue weighted by Gasteiger charge is -2.08. The summed E-state index contributed by atoms with van der Waals surface area (Å²) in [5.74, 6) is -0.782. The number of amides is 1. The summed E-state index contributed by atoms with van der Waals surface area (Å²) in [6.45, 7) is -1.78. The van der Waals surface area contributed by atoms with E-state index in [1.54, 1.807) is 0 Å². The van der Waals surface area contributed by atoms with Crippen molar-refractivity contribution in [3.05, 3.63) is 0 Å². The molecule has 0 aromatic heterocycles. The zero-order chi connectivity index (χ0) is 11.7. The normalized spacial score (nSPS) is 11.5. The van der Waals surface area contributed by atoms with Gasteiger partial charge in [0.15, 0.2) is 0 Å². The highest BCUT2D eigenvalue weighted by atomic mass is 19.4. The first-order valence-corrected chi connectivity index (χ1v) is 4.00. The highest BCUT2D eigenvalue weighted by molar-refractivity contribution is 5.75. The fourth-order valence-electron chi connectivity index (χ4n) is 0.545. The average Bonchev–Trinajstić information content (AvgIpc) is 2.10. The molecule has 15 heavy (non-hydrogen) atoms. The molecule has 0 heterocycles. The molecule has 5 nitrogen and oxygen atoms in total. The van der Waals surface area contributed by atoms with E-state index in [1.807, 2.05) is 5.48 Å². The van der Waals surface area contributed by atoms with Gasteiger partial charge in [-0.3, -0.25) is 9.63 Å². The third-order valence-corrected chi connectivity index (χ3v) is 1.07. The van der Waals surface area contributed by atoms with E-state index >= 15 is 0 Å². The molecule has 0 aliphatic rings. The van der Waals surface area contributed by atoms with Crippen LogP contribution in [0.1, 0.15) is 0 Å². The number of rotatable bonds is 7. The van der Waals surface area contributed by atoms with E-state index in [2.05, 4.69) is 14.3 Å². The summed E-state index contributed by atoms with van der Waals surface area (Å²) in [6.07, 6.45) is -4.43. The second-order valence-electron chi connectivity index (χ2n) is 2.47. The fourth-order valence-corrected chi connectivity index (χ4v) is 0.545. The van der Waals surface area contributed by atoms with E-state index in [0.29, 0.717) is 0 Å². The lowest BCUT2D eigenvalue weighted by molar-refractivity contribution is -0.178. The number of hydrogen-bond acceptors (Lipinski definition) is 4. The van der Waals surface area contributed by atoms with Gasteiger partial charge in [0.2, 0.25) is 0 Å². The summed E-state index contributed by atoms with van der Waals surface area (Å²) in [5.41, 5.74) is 1.89. The van der Waals surface area contributed by atoms with Crippen molar-refractivity contribution in [3.8, 4) is 0 Å². The summed E-state index contributed by atoms with van der Waals surface area (Å²) in [7, 11) is 1.44. The zero-order valence-corrected chi connectivity index (χ0v) is 8.10. The van der Waals surface area contributed by atoms with E-state index in [-0.39, 0.29) is 13.2 Å². The maximum Gasteiger partial charge on any atom is 0.411 e. The van der Waals surface area contributed by atoms with Gasteiger partial charge in [-0.25, -0.2) is 5.48 Å². The molecule has 0 spiro atoms. The molecular formula is C7H12F3NO4. The molecule has 0 aromatic rings. The Labute approximate surface area is 84.4 Å². The van der Waals surface area contributed by atoms with Crippen LogP contribution in [0, 0.1) is 0 Å². The van der Waals surface area contributed by atoms with Gasteiger partial charge in [-0.1, -0.05) is 0 Å². The molecule has 8 heteroatoms. The second kappa shape index (κ2) is 7.43. The van der Waals surface area contributed by atoms with Gasteiger partial charge in [-0.05, 0) is 0 Å². The number of carbonyl (C=O) groups excluding carboxylic acids is 1. The highest BCUT2D eigenvalue weighted by Gasteiger charge is 2.27. The van der Waals surface area contributed by atoms with Crippen LogP contribution in [-0.2, 0) is 19.1 Å². The van der Waals surface area contributed by atoms with Crippen LogP contribution in [-0.4, -0.2) is 45.6 Å². The Morgan fingerprint density at radius 3 is 2.53 bits per heavy atom. The monoisotopic (exact) mass is 231 g/mol. The number of alkyl halides is 3. The van der Waals surface area contributed by atoms with Gasteiger partial charge in [-0.2, -0.15) is 13.2 Å². The van der Waals surface area contributed by atoms with Crippen LogP contribution in [0.25, 0.3) is 0 Å². The van der Waals surface area contributed by atoms with Crippen LogP contribution in [0.4, 0.5) is 13.2 Å². The lowest BCUT2D eigenvalue weighted by Crippen LogP contribution is -2.30. The molecule has 0 aliphatic heterocycles. The van der Waals surface area contributed by atoms with Crippen molar-refractivity contribution in [1.82, 2.24) is 5.48 Å². The smallest absolute Gasteiger partial charge is 0.382 e. The molecule has 0 radical (unpaired) electrons. The summed E-state index contributed by atoms with van der Waals surface area (Å²) in [5, 5.41) is 0. The van der Waals surface area contributed by atoms with Crippen molar-refractivity contribution < 1.29 is 32.3 Å². The van der Waals surface area contributed by atoms with E-state index in [0.717, 1.165) is 0 Å². The largest absolute Gasteiger partial charge is 0.411 e. The minimum Gasteiger partial charge on any atom is -0.382 e. The molecule has 0 bridgehead atoms. The van der Waals surface area contributed by atoms with E-state index in [1.165, 1.54) is 7.11 Å². The molecule has 0 unspecified atom stereocenters. The third-order valence-electron chi connectivity index (χ3n) is 1.07. The number of methoxy groups -OCH3 is 1. The van der Waals surface area contributed by atoms with Gasteiger partial charge in [-0.15, -0.1) is 0 Å². The Bertz CT molecular complexity index is 186. The molecule has 0 saturated heterocycles. The van der Waals surface area contributed by atoms with Gasteiger partial charge in [0.1, 0.15) is 13.2 Å². The number of ether oxygens (including phenoxy) is 2. The molecule has 0 saturated carbocycles. The Morgan fingerprint density at radius 1 is 1.33 bits per heavy atom. The Kier molecular flexibility index (Phi) is 7.01. The Balaban J connectivity index is 3.34. The highest BCUT2D eigenvalue weighted by Crippen LogP contribution is 2.13. The summed E-state index contributed by atoms with van der Waals surface area (Å²) < 4.78 is 43.3. The maximum atomic E-state index is 11.6. The van der Waals surface area contributed by atoms with E-state index in [4.69, 9.17) is 0 Å². The molecule has 0 aromatic carbocycles. The van der Waals surface area contributed by atoms with Crippen molar-refractivity contribution >= 4 is 5.91 Å². The van der Waals surface area contributed by atoms with Crippen molar-refractivity contribution in [3.63, 3.8) is 0 Å². The van der Waals surface area contributed by atoms with Crippen LogP contribution < -0.4 is 5.48 Å². The lowest BCUT2D eigenvalue weighted by atomic mass is 10.6. The number of hydrogen-bond donors (Lipinski definition) is 1. The molecular weight excluding hydrogens is 219 g/mol. The molecule has 1 amide bonds. The molecule has 0 rings (SSSR count). The average molecular weight is 231 g/mol. The Morgan fingerprint density at radius 2 is 2.00 bits per heavy atom. The molecule has 0 fully saturated rings. The van der Waals surface area contributed by atoms with Crippen molar-refractivity contribution in [1.29, 1.82) is 0 Å². The number of hydroxylamine groups is 1. The topological polar surface area (TPSA) is 56.8 Å². The van der Waals surface area contributed by atoms with Crippen LogP contribution in [0.3, 0.4) is 0 Å². The zero-order valence-electron chi connectivity index (χ0n) is 8.10. The molecule has 0 aliphatic carbocycles. The Hall–Kier alpha value is -0.860. The van der Waals surface area contributed by atoms with Gasteiger partial charge in [0.05, 0.1) is 13.2 Å². The minimum absolute atomic E-state index is 0.113. The first-order valence-electron chi connectivity index (χ1n) is 4.00. The van der Waals surface area contributed by atoms with Crippen LogP contribution in [0.2, 0.25) is 0 Å². The SMILES string of the molecule is COCCONC(=O)COCC(F)(F)F. The quantitative estimate of drug-likeness (QED) is 0.504. The predicted octanol–water partition coefficient (Wildman–Crippen LogP) is 0.259. The van der Waals surface area contributed by atoms with Crippen LogP contribution >= 0.6 is 0 Å². The number of carbonyl (C=O) groups is 1. The van der Waals surface area contributed by atoms with E-state index < -0.39 is 25.3 Å². The standard InChI is InChI=1S/C7H12F3NO4/c1-13-2-3-15-11-6(12)4-14-5-7(8,9)10/h2-5H2,1H3,(H,11,12). The van der Waals surface area contributed by atoms with Gasteiger partial charge >= 0.3 is 6.18 Å². The minimum atomic E-state index is -4.43. The van der Waals surface area contributed by atoms with Gasteiger partial charge in [0, 0.05) is 7.11 Å². The summed E-state index contributed by atoms with van der Waals surface area (Å²) in [6, 6.07) is 0. The molecule has 1 N–H and O–H groups in total. The fraction of sp³-hybridized carbons (Fsp3) is 0.857. The summed E-state index contributed by atoms with van der Waals surface area (Å²) >= 11 is 0. The second-order valence-corrected chi connectivity index (χ2v) is 2.47. The van der Waals surface area contributed by atoms with Crippen molar-refractivity contribution in [2.45, 2.75) is 6.18 Å². The van der Waals surface area contributed by atoms with Crippen LogP contribution in [0.15, 0.2) is 0 Å².